The molecule has 2 aliphatic heterocycles. The molecule has 1 aliphatic carbocycles. The third-order valence-electron chi connectivity index (χ3n) is 5.59. The Morgan fingerprint density at radius 2 is 2.30 bits per heavy atom. The fraction of sp³-hybridized carbons (Fsp3) is 0.789. The average Bonchev–Trinajstić information content (AvgIpc) is 3.19. The van der Waals surface area contributed by atoms with Gasteiger partial charge in [-0.3, -0.25) is 4.84 Å². The van der Waals surface area contributed by atoms with E-state index >= 15 is 0 Å². The number of allylic oxidation sites excluding steroid dienone is 1. The number of nitrogens with one attached hydrogen (secondary N) is 1. The number of hydrogen-bond donors (Lipinski definition) is 2. The second-order valence-electron chi connectivity index (χ2n) is 7.70. The largest absolute Gasteiger partial charge is 0.464 e. The van der Waals surface area contributed by atoms with Gasteiger partial charge in [0, 0.05) is 26.1 Å². The number of fused-ring (bicyclic) bond motifs is 2. The molecule has 4 atom stereocenters. The Labute approximate surface area is 160 Å². The van der Waals surface area contributed by atoms with Gasteiger partial charge >= 0.3 is 12.0 Å². The van der Waals surface area contributed by atoms with Gasteiger partial charge in [0.05, 0.1) is 25.4 Å². The van der Waals surface area contributed by atoms with Gasteiger partial charge in [-0.25, -0.2) is 9.59 Å². The van der Waals surface area contributed by atoms with E-state index in [9.17, 15) is 14.7 Å². The van der Waals surface area contributed by atoms with Crippen LogP contribution in [0.4, 0.5) is 4.79 Å². The maximum atomic E-state index is 12.9. The predicted molar refractivity (Wildman–Crippen MR) is 98.7 cm³/mol. The number of urea groups is 1. The summed E-state index contributed by atoms with van der Waals surface area (Å²) in [6, 6.07) is -0.568. The number of hydrogen-bond acceptors (Lipinski definition) is 6. The maximum Gasteiger partial charge on any atom is 0.332 e. The molecule has 2 N–H and O–H groups in total. The Morgan fingerprint density at radius 1 is 1.48 bits per heavy atom. The monoisotopic (exact) mass is 381 g/mol. The van der Waals surface area contributed by atoms with Gasteiger partial charge in [-0.15, -0.1) is 0 Å². The molecule has 27 heavy (non-hydrogen) atoms. The summed E-state index contributed by atoms with van der Waals surface area (Å²) in [7, 11) is 1.88. The molecule has 3 aliphatic rings. The summed E-state index contributed by atoms with van der Waals surface area (Å²) >= 11 is 0. The third-order valence-corrected chi connectivity index (χ3v) is 5.59. The van der Waals surface area contributed by atoms with E-state index < -0.39 is 11.6 Å². The average molecular weight is 381 g/mol. The first-order chi connectivity index (χ1) is 13.0. The molecular formula is C19H31N3O5. The molecule has 1 saturated carbocycles. The van der Waals surface area contributed by atoms with E-state index in [4.69, 9.17) is 9.57 Å². The number of carbonyl (C=O) groups is 2. The predicted octanol–water partition coefficient (Wildman–Crippen LogP) is 1.06. The molecule has 2 heterocycles. The van der Waals surface area contributed by atoms with E-state index in [-0.39, 0.29) is 37.1 Å². The van der Waals surface area contributed by atoms with Crippen molar-refractivity contribution in [3.8, 4) is 0 Å². The SMILES string of the molecule is CCOC(=O)[C@@]12C[C@H]1/C=C\CCCCN(C)OC[C@@H]1C[C@@H](O)CN1C(=O)N2. The van der Waals surface area contributed by atoms with Crippen molar-refractivity contribution in [2.75, 3.05) is 33.4 Å². The zero-order valence-corrected chi connectivity index (χ0v) is 16.2. The number of esters is 1. The van der Waals surface area contributed by atoms with Crippen molar-refractivity contribution in [1.82, 2.24) is 15.3 Å². The molecule has 2 amide bonds. The van der Waals surface area contributed by atoms with Gasteiger partial charge in [0.2, 0.25) is 0 Å². The number of aliphatic hydroxyl groups is 1. The Balaban J connectivity index is 1.77. The molecule has 152 valence electrons. The lowest BCUT2D eigenvalue weighted by Gasteiger charge is -2.28. The highest BCUT2D eigenvalue weighted by Crippen LogP contribution is 2.46. The van der Waals surface area contributed by atoms with Crippen molar-refractivity contribution in [2.24, 2.45) is 5.92 Å². The van der Waals surface area contributed by atoms with E-state index in [1.165, 1.54) is 0 Å². The highest BCUT2D eigenvalue weighted by molar-refractivity contribution is 5.91. The molecule has 1 saturated heterocycles. The van der Waals surface area contributed by atoms with Gasteiger partial charge in [-0.1, -0.05) is 12.2 Å². The molecule has 0 aromatic heterocycles. The highest BCUT2D eigenvalue weighted by Gasteiger charge is 2.62. The molecule has 8 nitrogen and oxygen atoms in total. The van der Waals surface area contributed by atoms with Gasteiger partial charge in [-0.2, -0.15) is 5.06 Å². The van der Waals surface area contributed by atoms with Crippen LogP contribution in [0.5, 0.6) is 0 Å². The highest BCUT2D eigenvalue weighted by atomic mass is 16.7. The van der Waals surface area contributed by atoms with Gasteiger partial charge < -0.3 is 20.1 Å². The van der Waals surface area contributed by atoms with Crippen LogP contribution in [0.3, 0.4) is 0 Å². The number of rotatable bonds is 2. The minimum absolute atomic E-state index is 0.0458. The van der Waals surface area contributed by atoms with Crippen LogP contribution < -0.4 is 5.32 Å². The molecule has 0 bridgehead atoms. The fourth-order valence-electron chi connectivity index (χ4n) is 3.91. The van der Waals surface area contributed by atoms with Crippen molar-refractivity contribution in [3.63, 3.8) is 0 Å². The van der Waals surface area contributed by atoms with Crippen LogP contribution in [0.15, 0.2) is 12.2 Å². The molecule has 0 unspecified atom stereocenters. The van der Waals surface area contributed by atoms with Crippen LogP contribution >= 0.6 is 0 Å². The van der Waals surface area contributed by atoms with Crippen LogP contribution in [0, 0.1) is 5.92 Å². The molecule has 0 aromatic carbocycles. The third kappa shape index (κ3) is 4.62. The lowest BCUT2D eigenvalue weighted by Crippen LogP contribution is -2.53. The first-order valence-electron chi connectivity index (χ1n) is 9.91. The Morgan fingerprint density at radius 3 is 3.07 bits per heavy atom. The number of aliphatic hydroxyl groups excluding tert-OH is 1. The van der Waals surface area contributed by atoms with Crippen LogP contribution in [-0.2, 0) is 14.4 Å². The summed E-state index contributed by atoms with van der Waals surface area (Å²) in [6.45, 7) is 3.42. The molecule has 0 spiro atoms. The number of hydroxylamine groups is 2. The standard InChI is InChI=1S/C19H31N3O5/c1-3-26-17(24)19-11-14(19)8-6-4-5-7-9-21(2)27-13-15-10-16(23)12-22(15)18(25)20-19/h6,8,14-16,23H,3-5,7,9-13H2,1-2H3,(H,20,25)/b8-6-/t14-,15+,16-,19-/m1/s1. The fourth-order valence-corrected chi connectivity index (χ4v) is 3.91. The number of nitrogens with zero attached hydrogens (tertiary/aromatic N) is 2. The number of ether oxygens (including phenoxy) is 1. The van der Waals surface area contributed by atoms with E-state index in [0.717, 1.165) is 25.8 Å². The molecular weight excluding hydrogens is 350 g/mol. The van der Waals surface area contributed by atoms with Crippen molar-refractivity contribution >= 4 is 12.0 Å². The summed E-state index contributed by atoms with van der Waals surface area (Å²) in [6.07, 6.45) is 7.51. The zero-order chi connectivity index (χ0) is 19.4. The summed E-state index contributed by atoms with van der Waals surface area (Å²) in [5, 5.41) is 14.7. The van der Waals surface area contributed by atoms with Gasteiger partial charge in [0.15, 0.2) is 0 Å². The minimum atomic E-state index is -0.987. The van der Waals surface area contributed by atoms with E-state index in [1.807, 2.05) is 13.1 Å². The van der Waals surface area contributed by atoms with Crippen molar-refractivity contribution < 1.29 is 24.3 Å². The second kappa shape index (κ2) is 8.58. The van der Waals surface area contributed by atoms with Gasteiger partial charge in [0.25, 0.3) is 0 Å². The van der Waals surface area contributed by atoms with Gasteiger partial charge in [-0.05, 0) is 39.0 Å². The smallest absolute Gasteiger partial charge is 0.332 e. The van der Waals surface area contributed by atoms with E-state index in [0.29, 0.717) is 19.4 Å². The van der Waals surface area contributed by atoms with Crippen molar-refractivity contribution in [2.45, 2.75) is 56.7 Å². The molecule has 3 rings (SSSR count). The zero-order valence-electron chi connectivity index (χ0n) is 16.2. The molecule has 0 radical (unpaired) electrons. The van der Waals surface area contributed by atoms with Gasteiger partial charge in [0.1, 0.15) is 5.54 Å². The normalized spacial score (nSPS) is 36.6. The topological polar surface area (TPSA) is 91.3 Å². The van der Waals surface area contributed by atoms with Crippen LogP contribution in [-0.4, -0.2) is 78.1 Å². The summed E-state index contributed by atoms with van der Waals surface area (Å²) < 4.78 is 5.22. The first kappa shape index (κ1) is 20.1. The minimum Gasteiger partial charge on any atom is -0.464 e. The Hall–Kier alpha value is -1.64. The van der Waals surface area contributed by atoms with Crippen molar-refractivity contribution in [3.05, 3.63) is 12.2 Å². The van der Waals surface area contributed by atoms with Crippen molar-refractivity contribution in [1.29, 1.82) is 0 Å². The lowest BCUT2D eigenvalue weighted by atomic mass is 10.1. The molecule has 0 aromatic rings. The first-order valence-corrected chi connectivity index (χ1v) is 9.91. The summed E-state index contributed by atoms with van der Waals surface area (Å²) in [5.41, 5.74) is -0.987. The maximum absolute atomic E-state index is 12.9. The number of amides is 2. The van der Waals surface area contributed by atoms with Crippen LogP contribution in [0.25, 0.3) is 0 Å². The number of carbonyl (C=O) groups excluding carboxylic acids is 2. The molecule has 8 heteroatoms. The summed E-state index contributed by atoms with van der Waals surface area (Å²) in [5.74, 6) is -0.430. The van der Waals surface area contributed by atoms with Crippen LogP contribution in [0.2, 0.25) is 0 Å². The lowest BCUT2D eigenvalue weighted by molar-refractivity contribution is -0.150. The van der Waals surface area contributed by atoms with E-state index in [1.54, 1.807) is 16.9 Å². The van der Waals surface area contributed by atoms with Crippen LogP contribution in [0.1, 0.15) is 39.0 Å². The Kier molecular flexibility index (Phi) is 6.39. The second-order valence-corrected chi connectivity index (χ2v) is 7.70. The molecule has 2 fully saturated rings. The Bertz CT molecular complexity index is 584. The van der Waals surface area contributed by atoms with E-state index in [2.05, 4.69) is 11.4 Å². The quantitative estimate of drug-likeness (QED) is 0.549. The summed E-state index contributed by atoms with van der Waals surface area (Å²) in [4.78, 5) is 32.8.